The van der Waals surface area contributed by atoms with E-state index in [0.29, 0.717) is 10.2 Å². The molecule has 16 heavy (non-hydrogen) atoms. The topological polar surface area (TPSA) is 69.4 Å². The second-order valence-corrected chi connectivity index (χ2v) is 5.27. The van der Waals surface area contributed by atoms with Crippen LogP contribution in [0.1, 0.15) is 6.92 Å². The molecule has 2 N–H and O–H groups in total. The van der Waals surface area contributed by atoms with E-state index >= 15 is 0 Å². The third-order valence-corrected chi connectivity index (χ3v) is 3.24. The maximum Gasteiger partial charge on any atom is 0.238 e. The van der Waals surface area contributed by atoms with Crippen LogP contribution < -0.4 is 9.88 Å². The van der Waals surface area contributed by atoms with E-state index in [0.717, 1.165) is 0 Å². The summed E-state index contributed by atoms with van der Waals surface area (Å²) in [4.78, 5) is 0.0355. The third kappa shape index (κ3) is 3.52. The normalized spacial score (nSPS) is 10.4. The van der Waals surface area contributed by atoms with Crippen LogP contribution in [0.15, 0.2) is 27.6 Å². The molecule has 1 aromatic carbocycles. The van der Waals surface area contributed by atoms with Crippen LogP contribution in [0.25, 0.3) is 0 Å². The fourth-order valence-electron chi connectivity index (χ4n) is 0.962. The summed E-state index contributed by atoms with van der Waals surface area (Å²) in [6, 6.07) is 4.31. The van der Waals surface area contributed by atoms with Gasteiger partial charge in [0.05, 0.1) is 9.37 Å². The monoisotopic (exact) mass is 303 g/mol. The number of halogens is 1. The summed E-state index contributed by atoms with van der Waals surface area (Å²) in [6.45, 7) is 1.96. The smallest absolute Gasteiger partial charge is 0.238 e. The molecule has 0 radical (unpaired) electrons. The quantitative estimate of drug-likeness (QED) is 0.860. The van der Waals surface area contributed by atoms with Crippen molar-refractivity contribution in [3.8, 4) is 17.6 Å². The highest BCUT2D eigenvalue weighted by Gasteiger charge is 2.10. The SMILES string of the molecule is CC#CCOc1ccc(S(N)(=O)=O)cc1Br. The van der Waals surface area contributed by atoms with Crippen LogP contribution in [0.5, 0.6) is 5.75 Å². The first-order valence-electron chi connectivity index (χ1n) is 4.30. The average Bonchev–Trinajstić information content (AvgIpc) is 2.19. The maximum atomic E-state index is 11.1. The van der Waals surface area contributed by atoms with E-state index in [1.807, 2.05) is 0 Å². The highest BCUT2D eigenvalue weighted by Crippen LogP contribution is 2.27. The van der Waals surface area contributed by atoms with Crippen molar-refractivity contribution in [1.29, 1.82) is 0 Å². The summed E-state index contributed by atoms with van der Waals surface area (Å²) in [5.74, 6) is 5.94. The summed E-state index contributed by atoms with van der Waals surface area (Å²) < 4.78 is 27.9. The first-order valence-corrected chi connectivity index (χ1v) is 6.64. The molecule has 6 heteroatoms. The number of primary sulfonamides is 1. The number of ether oxygens (including phenoxy) is 1. The van der Waals surface area contributed by atoms with Crippen molar-refractivity contribution in [2.45, 2.75) is 11.8 Å². The number of nitrogens with two attached hydrogens (primary N) is 1. The van der Waals surface area contributed by atoms with Gasteiger partial charge in [0.25, 0.3) is 0 Å². The highest BCUT2D eigenvalue weighted by atomic mass is 79.9. The van der Waals surface area contributed by atoms with Crippen molar-refractivity contribution < 1.29 is 13.2 Å². The molecule has 0 atom stereocenters. The minimum Gasteiger partial charge on any atom is -0.480 e. The van der Waals surface area contributed by atoms with Gasteiger partial charge >= 0.3 is 0 Å². The van der Waals surface area contributed by atoms with Crippen LogP contribution in [0, 0.1) is 11.8 Å². The highest BCUT2D eigenvalue weighted by molar-refractivity contribution is 9.10. The second kappa shape index (κ2) is 5.34. The van der Waals surface area contributed by atoms with E-state index in [2.05, 4.69) is 27.8 Å². The Bertz CT molecular complexity index is 543. The Morgan fingerprint density at radius 1 is 1.50 bits per heavy atom. The molecule has 4 nitrogen and oxygen atoms in total. The molecule has 0 spiro atoms. The Balaban J connectivity index is 2.95. The van der Waals surface area contributed by atoms with Crippen molar-refractivity contribution in [2.24, 2.45) is 5.14 Å². The Labute approximate surface area is 103 Å². The van der Waals surface area contributed by atoms with Gasteiger partial charge in [-0.25, -0.2) is 13.6 Å². The zero-order chi connectivity index (χ0) is 12.2. The molecular formula is C10H10BrNO3S. The van der Waals surface area contributed by atoms with Gasteiger partial charge in [0.15, 0.2) is 0 Å². The summed E-state index contributed by atoms with van der Waals surface area (Å²) in [6.07, 6.45) is 0. The number of hydrogen-bond acceptors (Lipinski definition) is 3. The molecule has 0 aromatic heterocycles. The van der Waals surface area contributed by atoms with E-state index in [9.17, 15) is 8.42 Å². The van der Waals surface area contributed by atoms with E-state index in [1.54, 1.807) is 6.92 Å². The van der Waals surface area contributed by atoms with Gasteiger partial charge in [-0.05, 0) is 41.1 Å². The van der Waals surface area contributed by atoms with Gasteiger partial charge in [-0.3, -0.25) is 0 Å². The molecule has 0 fully saturated rings. The minimum absolute atomic E-state index is 0.0355. The van der Waals surface area contributed by atoms with Crippen LogP contribution in [0.3, 0.4) is 0 Å². The van der Waals surface area contributed by atoms with Gasteiger partial charge in [0.2, 0.25) is 10.0 Å². The van der Waals surface area contributed by atoms with Crippen LogP contribution in [-0.4, -0.2) is 15.0 Å². The Morgan fingerprint density at radius 2 is 2.19 bits per heavy atom. The second-order valence-electron chi connectivity index (χ2n) is 2.85. The molecule has 0 unspecified atom stereocenters. The van der Waals surface area contributed by atoms with Crippen molar-refractivity contribution in [3.63, 3.8) is 0 Å². The Hall–Kier alpha value is -1.03. The predicted octanol–water partition coefficient (Wildman–Crippen LogP) is 1.50. The molecule has 0 amide bonds. The van der Waals surface area contributed by atoms with Crippen LogP contribution in [0.2, 0.25) is 0 Å². The molecule has 0 aliphatic heterocycles. The van der Waals surface area contributed by atoms with Crippen LogP contribution >= 0.6 is 15.9 Å². The van der Waals surface area contributed by atoms with Crippen molar-refractivity contribution >= 4 is 26.0 Å². The fraction of sp³-hybridized carbons (Fsp3) is 0.200. The number of rotatable bonds is 3. The van der Waals surface area contributed by atoms with Crippen molar-refractivity contribution in [2.75, 3.05) is 6.61 Å². The molecular weight excluding hydrogens is 294 g/mol. The van der Waals surface area contributed by atoms with E-state index in [4.69, 9.17) is 9.88 Å². The molecule has 86 valence electrons. The van der Waals surface area contributed by atoms with E-state index in [-0.39, 0.29) is 11.5 Å². The maximum absolute atomic E-state index is 11.1. The molecule has 1 rings (SSSR count). The zero-order valence-corrected chi connectivity index (χ0v) is 10.9. The minimum atomic E-state index is -3.68. The number of hydrogen-bond donors (Lipinski definition) is 1. The molecule has 0 bridgehead atoms. The molecule has 0 aliphatic rings. The van der Waals surface area contributed by atoms with Crippen molar-refractivity contribution in [1.82, 2.24) is 0 Å². The molecule has 0 saturated carbocycles. The number of sulfonamides is 1. The lowest BCUT2D eigenvalue weighted by molar-refractivity contribution is 0.367. The largest absolute Gasteiger partial charge is 0.480 e. The predicted molar refractivity (Wildman–Crippen MR) is 64.5 cm³/mol. The van der Waals surface area contributed by atoms with Crippen LogP contribution in [0.4, 0.5) is 0 Å². The van der Waals surface area contributed by atoms with Gasteiger partial charge in [-0.1, -0.05) is 5.92 Å². The lowest BCUT2D eigenvalue weighted by Crippen LogP contribution is -2.12. The van der Waals surface area contributed by atoms with E-state index in [1.165, 1.54) is 18.2 Å². The van der Waals surface area contributed by atoms with Gasteiger partial charge in [0.1, 0.15) is 12.4 Å². The first kappa shape index (κ1) is 13.0. The summed E-state index contributed by atoms with van der Waals surface area (Å²) in [5.41, 5.74) is 0. The third-order valence-electron chi connectivity index (χ3n) is 1.71. The van der Waals surface area contributed by atoms with Gasteiger partial charge in [0, 0.05) is 0 Å². The fourth-order valence-corrected chi connectivity index (χ4v) is 2.15. The Kier molecular flexibility index (Phi) is 4.35. The average molecular weight is 304 g/mol. The number of benzene rings is 1. The van der Waals surface area contributed by atoms with E-state index < -0.39 is 10.0 Å². The standard InChI is InChI=1S/C10H10BrNO3S/c1-2-3-6-15-10-5-4-8(7-9(10)11)16(12,13)14/h4-5,7H,6H2,1H3,(H2,12,13,14). The lowest BCUT2D eigenvalue weighted by atomic mass is 10.3. The lowest BCUT2D eigenvalue weighted by Gasteiger charge is -2.06. The molecule has 1 aromatic rings. The summed E-state index contributed by atoms with van der Waals surface area (Å²) in [5, 5.41) is 4.99. The van der Waals surface area contributed by atoms with Crippen LogP contribution in [-0.2, 0) is 10.0 Å². The molecule has 0 heterocycles. The molecule has 0 saturated heterocycles. The van der Waals surface area contributed by atoms with Gasteiger partial charge in [-0.2, -0.15) is 0 Å². The Morgan fingerprint density at radius 3 is 2.69 bits per heavy atom. The van der Waals surface area contributed by atoms with Crippen molar-refractivity contribution in [3.05, 3.63) is 22.7 Å². The van der Waals surface area contributed by atoms with Gasteiger partial charge in [-0.15, -0.1) is 5.92 Å². The first-order chi connectivity index (χ1) is 7.45. The zero-order valence-electron chi connectivity index (χ0n) is 8.53. The molecule has 0 aliphatic carbocycles. The van der Waals surface area contributed by atoms with Gasteiger partial charge < -0.3 is 4.74 Å². The summed E-state index contributed by atoms with van der Waals surface area (Å²) in [7, 11) is -3.68. The summed E-state index contributed by atoms with van der Waals surface area (Å²) >= 11 is 3.20.